The molecule has 0 aliphatic carbocycles. The molecule has 7 nitrogen and oxygen atoms in total. The molecule has 0 aliphatic heterocycles. The first-order valence-corrected chi connectivity index (χ1v) is 7.50. The number of H-pyrrole nitrogens is 1. The van der Waals surface area contributed by atoms with E-state index in [1.807, 2.05) is 13.8 Å². The predicted molar refractivity (Wildman–Crippen MR) is 80.0 cm³/mol. The van der Waals surface area contributed by atoms with E-state index in [1.54, 1.807) is 23.2 Å². The van der Waals surface area contributed by atoms with Gasteiger partial charge in [0.2, 0.25) is 5.91 Å². The number of hydrogen-bond acceptors (Lipinski definition) is 5. The van der Waals surface area contributed by atoms with E-state index < -0.39 is 6.04 Å². The number of carbonyl (C=O) groups excluding carboxylic acids is 2. The van der Waals surface area contributed by atoms with Crippen LogP contribution in [0.5, 0.6) is 0 Å². The maximum absolute atomic E-state index is 12.3. The summed E-state index contributed by atoms with van der Waals surface area (Å²) in [5, 5.41) is 13.5. The van der Waals surface area contributed by atoms with Crippen molar-refractivity contribution in [2.75, 3.05) is 5.32 Å². The molecule has 0 aliphatic rings. The summed E-state index contributed by atoms with van der Waals surface area (Å²) in [7, 11) is 0. The first-order chi connectivity index (χ1) is 10.1. The first kappa shape index (κ1) is 15.2. The molecule has 0 bridgehead atoms. The minimum Gasteiger partial charge on any atom is -0.339 e. The van der Waals surface area contributed by atoms with Gasteiger partial charge in [0.15, 0.2) is 0 Å². The van der Waals surface area contributed by atoms with Crippen molar-refractivity contribution in [3.63, 3.8) is 0 Å². The summed E-state index contributed by atoms with van der Waals surface area (Å²) in [6.45, 7) is 3.98. The van der Waals surface area contributed by atoms with E-state index in [4.69, 9.17) is 0 Å². The number of thiazole rings is 1. The molecule has 2 heterocycles. The van der Waals surface area contributed by atoms with Crippen LogP contribution >= 0.6 is 11.3 Å². The summed E-state index contributed by atoms with van der Waals surface area (Å²) >= 11 is 1.34. The molecule has 21 heavy (non-hydrogen) atoms. The average Bonchev–Trinajstić information content (AvgIpc) is 3.10. The molecule has 0 radical (unpaired) electrons. The van der Waals surface area contributed by atoms with Crippen molar-refractivity contribution in [2.24, 2.45) is 5.92 Å². The molecule has 0 saturated heterocycles. The molecule has 2 aromatic heterocycles. The zero-order valence-electron chi connectivity index (χ0n) is 11.8. The summed E-state index contributed by atoms with van der Waals surface area (Å²) in [6.07, 6.45) is 2.08. The zero-order valence-corrected chi connectivity index (χ0v) is 12.6. The third-order valence-electron chi connectivity index (χ3n) is 2.75. The molecule has 8 heteroatoms. The van der Waals surface area contributed by atoms with E-state index in [1.165, 1.54) is 11.3 Å². The number of nitrogens with zero attached hydrogens (tertiary/aromatic N) is 2. The third-order valence-corrected chi connectivity index (χ3v) is 3.34. The molecule has 0 saturated carbocycles. The monoisotopic (exact) mass is 307 g/mol. The zero-order chi connectivity index (χ0) is 15.2. The second-order valence-corrected chi connectivity index (χ2v) is 5.71. The fourth-order valence-electron chi connectivity index (χ4n) is 1.81. The topological polar surface area (TPSA) is 99.8 Å². The highest BCUT2D eigenvalue weighted by Gasteiger charge is 2.23. The lowest BCUT2D eigenvalue weighted by atomic mass is 10.0. The van der Waals surface area contributed by atoms with Gasteiger partial charge in [0.25, 0.3) is 5.91 Å². The molecular formula is C13H17N5O2S. The van der Waals surface area contributed by atoms with Crippen LogP contribution < -0.4 is 10.6 Å². The van der Waals surface area contributed by atoms with Crippen molar-refractivity contribution in [2.45, 2.75) is 26.3 Å². The van der Waals surface area contributed by atoms with Gasteiger partial charge in [-0.05, 0) is 12.3 Å². The number of aromatic amines is 1. The van der Waals surface area contributed by atoms with Crippen molar-refractivity contribution in [3.8, 4) is 0 Å². The Morgan fingerprint density at radius 3 is 2.81 bits per heavy atom. The van der Waals surface area contributed by atoms with Crippen molar-refractivity contribution < 1.29 is 9.59 Å². The van der Waals surface area contributed by atoms with Crippen molar-refractivity contribution in [3.05, 3.63) is 28.8 Å². The number of carbonyl (C=O) groups is 2. The van der Waals surface area contributed by atoms with E-state index in [9.17, 15) is 9.59 Å². The lowest BCUT2D eigenvalue weighted by molar-refractivity contribution is -0.118. The van der Waals surface area contributed by atoms with E-state index in [0.717, 1.165) is 0 Å². The molecular weight excluding hydrogens is 290 g/mol. The van der Waals surface area contributed by atoms with Gasteiger partial charge < -0.3 is 10.6 Å². The predicted octanol–water partition coefficient (Wildman–Crippen LogP) is 1.65. The number of aromatic nitrogens is 3. The van der Waals surface area contributed by atoms with E-state index >= 15 is 0 Å². The standard InChI is InChI=1S/C13H17N5O2S/c1-8(2)5-9(12(19)17-11-3-4-15-18-11)16-13(20)10-6-21-7-14-10/h3-4,6-9H,5H2,1-2H3,(H,16,20)(H2,15,17,18,19). The lowest BCUT2D eigenvalue weighted by Crippen LogP contribution is -2.44. The van der Waals surface area contributed by atoms with Crippen LogP contribution in [0.1, 0.15) is 30.8 Å². The van der Waals surface area contributed by atoms with Crippen LogP contribution in [0, 0.1) is 5.92 Å². The largest absolute Gasteiger partial charge is 0.339 e. The summed E-state index contributed by atoms with van der Waals surface area (Å²) < 4.78 is 0. The van der Waals surface area contributed by atoms with Crippen LogP contribution in [0.3, 0.4) is 0 Å². The Kier molecular flexibility index (Phi) is 5.04. The third kappa shape index (κ3) is 4.38. The molecule has 2 amide bonds. The second-order valence-electron chi connectivity index (χ2n) is 4.99. The Labute approximate surface area is 126 Å². The molecule has 0 aromatic carbocycles. The highest BCUT2D eigenvalue weighted by Crippen LogP contribution is 2.09. The number of anilines is 1. The Hall–Kier alpha value is -2.22. The Morgan fingerprint density at radius 1 is 1.43 bits per heavy atom. The minimum atomic E-state index is -0.623. The number of rotatable bonds is 6. The molecule has 1 atom stereocenters. The molecule has 2 rings (SSSR count). The normalized spacial score (nSPS) is 12.1. The molecule has 0 spiro atoms. The van der Waals surface area contributed by atoms with Gasteiger partial charge in [0.05, 0.1) is 11.7 Å². The quantitative estimate of drug-likeness (QED) is 0.755. The maximum atomic E-state index is 12.3. The van der Waals surface area contributed by atoms with Crippen LogP contribution in [-0.4, -0.2) is 33.0 Å². The Morgan fingerprint density at radius 2 is 2.24 bits per heavy atom. The van der Waals surface area contributed by atoms with Gasteiger partial charge in [-0.1, -0.05) is 13.8 Å². The maximum Gasteiger partial charge on any atom is 0.271 e. The first-order valence-electron chi connectivity index (χ1n) is 6.55. The van der Waals surface area contributed by atoms with Gasteiger partial charge in [-0.3, -0.25) is 14.7 Å². The number of nitrogens with one attached hydrogen (secondary N) is 3. The Bertz CT molecular complexity index is 580. The summed E-state index contributed by atoms with van der Waals surface area (Å²) in [4.78, 5) is 28.2. The summed E-state index contributed by atoms with van der Waals surface area (Å²) in [6, 6.07) is 1.02. The van der Waals surface area contributed by atoms with Crippen LogP contribution in [0.4, 0.5) is 5.82 Å². The number of hydrogen-bond donors (Lipinski definition) is 3. The SMILES string of the molecule is CC(C)CC(NC(=O)c1cscn1)C(=O)Nc1ccn[nH]1. The van der Waals surface area contributed by atoms with Gasteiger partial charge in [-0.15, -0.1) is 11.3 Å². The second kappa shape index (κ2) is 6.98. The van der Waals surface area contributed by atoms with Crippen molar-refractivity contribution in [1.29, 1.82) is 0 Å². The molecule has 3 N–H and O–H groups in total. The van der Waals surface area contributed by atoms with Crippen LogP contribution in [0.2, 0.25) is 0 Å². The average molecular weight is 307 g/mol. The smallest absolute Gasteiger partial charge is 0.271 e. The van der Waals surface area contributed by atoms with Crippen LogP contribution in [-0.2, 0) is 4.79 Å². The van der Waals surface area contributed by atoms with Gasteiger partial charge in [-0.25, -0.2) is 4.98 Å². The van der Waals surface area contributed by atoms with E-state index in [-0.39, 0.29) is 17.7 Å². The number of amides is 2. The fourth-order valence-corrected chi connectivity index (χ4v) is 2.34. The molecule has 1 unspecified atom stereocenters. The van der Waals surface area contributed by atoms with Gasteiger partial charge in [0.1, 0.15) is 17.6 Å². The van der Waals surface area contributed by atoms with Crippen molar-refractivity contribution in [1.82, 2.24) is 20.5 Å². The van der Waals surface area contributed by atoms with Gasteiger partial charge in [-0.2, -0.15) is 5.10 Å². The fraction of sp³-hybridized carbons (Fsp3) is 0.385. The van der Waals surface area contributed by atoms with Crippen LogP contribution in [0.25, 0.3) is 0 Å². The van der Waals surface area contributed by atoms with Crippen LogP contribution in [0.15, 0.2) is 23.2 Å². The Balaban J connectivity index is 2.03. The van der Waals surface area contributed by atoms with Gasteiger partial charge >= 0.3 is 0 Å². The minimum absolute atomic E-state index is 0.262. The van der Waals surface area contributed by atoms with Gasteiger partial charge in [0, 0.05) is 11.4 Å². The highest BCUT2D eigenvalue weighted by atomic mass is 32.1. The lowest BCUT2D eigenvalue weighted by Gasteiger charge is -2.19. The van der Waals surface area contributed by atoms with E-state index in [2.05, 4.69) is 25.8 Å². The highest BCUT2D eigenvalue weighted by molar-refractivity contribution is 7.07. The summed E-state index contributed by atoms with van der Waals surface area (Å²) in [5.41, 5.74) is 1.90. The summed E-state index contributed by atoms with van der Waals surface area (Å²) in [5.74, 6) is 0.133. The molecule has 112 valence electrons. The molecule has 2 aromatic rings. The molecule has 0 fully saturated rings. The van der Waals surface area contributed by atoms with Crippen molar-refractivity contribution >= 4 is 29.0 Å². The van der Waals surface area contributed by atoms with E-state index in [0.29, 0.717) is 17.9 Å².